The van der Waals surface area contributed by atoms with Gasteiger partial charge in [0.25, 0.3) is 11.8 Å². The van der Waals surface area contributed by atoms with Crippen LogP contribution in [0, 0.1) is 29.1 Å². The Balaban J connectivity index is 2.23. The molecule has 0 unspecified atom stereocenters. The molecule has 0 aliphatic heterocycles. The zero-order valence-corrected chi connectivity index (χ0v) is 11.6. The average molecular weight is 351 g/mol. The third-order valence-corrected chi connectivity index (χ3v) is 3.03. The van der Waals surface area contributed by atoms with Crippen LogP contribution >= 0.6 is 0 Å². The zero-order chi connectivity index (χ0) is 18.1. The van der Waals surface area contributed by atoms with E-state index in [1.165, 1.54) is 5.32 Å². The van der Waals surface area contributed by atoms with Crippen LogP contribution in [-0.4, -0.2) is 12.5 Å². The predicted octanol–water partition coefficient (Wildman–Crippen LogP) is 3.90. The summed E-state index contributed by atoms with van der Waals surface area (Å²) in [5, 5.41) is 1.49. The highest BCUT2D eigenvalue weighted by Gasteiger charge is 2.39. The lowest BCUT2D eigenvalue weighted by molar-refractivity contribution is -0.00953. The SMILES string of the molecule is O=C(NCC(F)(F)c1c(F)cc(F)cc1F)c1c(F)cccc1F. The maximum atomic E-state index is 13.9. The van der Waals surface area contributed by atoms with Gasteiger partial charge in [0.2, 0.25) is 0 Å². The molecule has 0 saturated carbocycles. The molecule has 24 heavy (non-hydrogen) atoms. The van der Waals surface area contributed by atoms with E-state index in [1.54, 1.807) is 0 Å². The highest BCUT2D eigenvalue weighted by atomic mass is 19.3. The Hall–Kier alpha value is -2.58. The summed E-state index contributed by atoms with van der Waals surface area (Å²) in [6, 6.07) is 2.51. The van der Waals surface area contributed by atoms with Gasteiger partial charge in [0.05, 0.1) is 12.1 Å². The number of halogens is 7. The van der Waals surface area contributed by atoms with Crippen molar-refractivity contribution in [2.24, 2.45) is 0 Å². The van der Waals surface area contributed by atoms with E-state index in [9.17, 15) is 35.5 Å². The first kappa shape index (κ1) is 17.8. The van der Waals surface area contributed by atoms with Gasteiger partial charge < -0.3 is 5.32 Å². The summed E-state index contributed by atoms with van der Waals surface area (Å²) in [6.07, 6.45) is 0. The van der Waals surface area contributed by atoms with Crippen molar-refractivity contribution in [3.8, 4) is 0 Å². The van der Waals surface area contributed by atoms with Crippen LogP contribution in [0.15, 0.2) is 30.3 Å². The molecule has 1 N–H and O–H groups in total. The maximum Gasteiger partial charge on any atom is 0.295 e. The van der Waals surface area contributed by atoms with Crippen molar-refractivity contribution in [2.75, 3.05) is 6.54 Å². The Bertz CT molecular complexity index is 748. The number of amides is 1. The molecule has 0 saturated heterocycles. The lowest BCUT2D eigenvalue weighted by Crippen LogP contribution is -2.37. The van der Waals surface area contributed by atoms with Gasteiger partial charge in [-0.2, -0.15) is 8.78 Å². The number of rotatable bonds is 4. The van der Waals surface area contributed by atoms with E-state index in [2.05, 4.69) is 0 Å². The fourth-order valence-corrected chi connectivity index (χ4v) is 1.97. The van der Waals surface area contributed by atoms with Crippen molar-refractivity contribution >= 4 is 5.91 Å². The molecule has 2 nitrogen and oxygen atoms in total. The van der Waals surface area contributed by atoms with Gasteiger partial charge in [-0.25, -0.2) is 22.0 Å². The van der Waals surface area contributed by atoms with E-state index in [0.29, 0.717) is 0 Å². The minimum atomic E-state index is -4.28. The molecule has 9 heteroatoms. The van der Waals surface area contributed by atoms with E-state index < -0.39 is 58.6 Å². The molecule has 0 aliphatic carbocycles. The zero-order valence-electron chi connectivity index (χ0n) is 11.6. The van der Waals surface area contributed by atoms with Crippen LogP contribution in [0.25, 0.3) is 0 Å². The van der Waals surface area contributed by atoms with E-state index in [-0.39, 0.29) is 12.1 Å². The molecule has 0 spiro atoms. The minimum Gasteiger partial charge on any atom is -0.345 e. The van der Waals surface area contributed by atoms with Gasteiger partial charge in [0, 0.05) is 12.1 Å². The van der Waals surface area contributed by atoms with Gasteiger partial charge in [-0.15, -0.1) is 0 Å². The van der Waals surface area contributed by atoms with Gasteiger partial charge in [0.15, 0.2) is 0 Å². The third-order valence-electron chi connectivity index (χ3n) is 3.03. The lowest BCUT2D eigenvalue weighted by atomic mass is 10.1. The van der Waals surface area contributed by atoms with Crippen LogP contribution in [0.5, 0.6) is 0 Å². The summed E-state index contributed by atoms with van der Waals surface area (Å²) in [7, 11) is 0. The molecule has 0 radical (unpaired) electrons. The molecule has 128 valence electrons. The molecule has 2 aromatic rings. The van der Waals surface area contributed by atoms with E-state index in [0.717, 1.165) is 18.2 Å². The molecule has 0 fully saturated rings. The second-order valence-corrected chi connectivity index (χ2v) is 4.73. The summed E-state index contributed by atoms with van der Waals surface area (Å²) in [5.41, 5.74) is -2.88. The molecule has 0 heterocycles. The maximum absolute atomic E-state index is 13.9. The Labute approximate surface area is 130 Å². The monoisotopic (exact) mass is 351 g/mol. The van der Waals surface area contributed by atoms with Crippen LogP contribution in [0.3, 0.4) is 0 Å². The number of hydrogen-bond donors (Lipinski definition) is 1. The van der Waals surface area contributed by atoms with E-state index >= 15 is 0 Å². The first-order valence-corrected chi connectivity index (χ1v) is 6.38. The lowest BCUT2D eigenvalue weighted by Gasteiger charge is -2.19. The standard InChI is InChI=1S/C15H8F7NO/c16-7-4-10(19)13(11(20)5-7)15(21,22)6-23-14(24)12-8(17)2-1-3-9(12)18/h1-5H,6H2,(H,23,24). The largest absolute Gasteiger partial charge is 0.345 e. The molecule has 0 aliphatic rings. The van der Waals surface area contributed by atoms with Gasteiger partial charge in [-0.3, -0.25) is 4.79 Å². The summed E-state index contributed by atoms with van der Waals surface area (Å²) in [4.78, 5) is 11.6. The Morgan fingerprint density at radius 1 is 0.917 bits per heavy atom. The minimum absolute atomic E-state index is 0.0463. The second kappa shape index (κ2) is 6.50. The highest BCUT2D eigenvalue weighted by molar-refractivity contribution is 5.94. The molecular weight excluding hydrogens is 343 g/mol. The van der Waals surface area contributed by atoms with Crippen LogP contribution in [0.4, 0.5) is 30.7 Å². The summed E-state index contributed by atoms with van der Waals surface area (Å²) >= 11 is 0. The molecule has 0 bridgehead atoms. The van der Waals surface area contributed by atoms with E-state index in [1.807, 2.05) is 0 Å². The van der Waals surface area contributed by atoms with Gasteiger partial charge >= 0.3 is 0 Å². The van der Waals surface area contributed by atoms with Crippen molar-refractivity contribution in [1.82, 2.24) is 5.32 Å². The average Bonchev–Trinajstić information content (AvgIpc) is 2.43. The molecule has 1 amide bonds. The summed E-state index contributed by atoms with van der Waals surface area (Å²) < 4.78 is 94.0. The fraction of sp³-hybridized carbons (Fsp3) is 0.133. The number of alkyl halides is 2. The van der Waals surface area contributed by atoms with Crippen molar-refractivity contribution in [1.29, 1.82) is 0 Å². The summed E-state index contributed by atoms with van der Waals surface area (Å²) in [5.74, 6) is -13.5. The Morgan fingerprint density at radius 2 is 1.42 bits per heavy atom. The number of hydrogen-bond acceptors (Lipinski definition) is 1. The molecule has 0 aromatic heterocycles. The van der Waals surface area contributed by atoms with Gasteiger partial charge in [0.1, 0.15) is 34.6 Å². The second-order valence-electron chi connectivity index (χ2n) is 4.73. The summed E-state index contributed by atoms with van der Waals surface area (Å²) in [6.45, 7) is -1.65. The van der Waals surface area contributed by atoms with Gasteiger partial charge in [-0.1, -0.05) is 6.07 Å². The van der Waals surface area contributed by atoms with Crippen LogP contribution in [0.1, 0.15) is 15.9 Å². The fourth-order valence-electron chi connectivity index (χ4n) is 1.97. The van der Waals surface area contributed by atoms with Crippen LogP contribution < -0.4 is 5.32 Å². The molecule has 2 rings (SSSR count). The topological polar surface area (TPSA) is 29.1 Å². The first-order valence-electron chi connectivity index (χ1n) is 6.38. The predicted molar refractivity (Wildman–Crippen MR) is 68.9 cm³/mol. The van der Waals surface area contributed by atoms with Crippen LogP contribution in [-0.2, 0) is 5.92 Å². The smallest absolute Gasteiger partial charge is 0.295 e. The molecule has 0 atom stereocenters. The first-order chi connectivity index (χ1) is 11.1. The molecule has 2 aromatic carbocycles. The quantitative estimate of drug-likeness (QED) is 0.832. The van der Waals surface area contributed by atoms with Crippen molar-refractivity contribution in [3.63, 3.8) is 0 Å². The van der Waals surface area contributed by atoms with E-state index in [4.69, 9.17) is 0 Å². The Morgan fingerprint density at radius 3 is 1.92 bits per heavy atom. The number of nitrogens with one attached hydrogen (secondary N) is 1. The van der Waals surface area contributed by atoms with Crippen LogP contribution in [0.2, 0.25) is 0 Å². The highest BCUT2D eigenvalue weighted by Crippen LogP contribution is 2.32. The molecular formula is C15H8F7NO. The van der Waals surface area contributed by atoms with Crippen molar-refractivity contribution in [2.45, 2.75) is 5.92 Å². The number of carbonyl (C=O) groups excluding carboxylic acids is 1. The third kappa shape index (κ3) is 3.50. The van der Waals surface area contributed by atoms with Crippen molar-refractivity contribution < 1.29 is 35.5 Å². The van der Waals surface area contributed by atoms with Crippen molar-refractivity contribution in [3.05, 3.63) is 70.5 Å². The number of carbonyl (C=O) groups is 1. The normalized spacial score (nSPS) is 11.5. The number of benzene rings is 2. The van der Waals surface area contributed by atoms with Gasteiger partial charge in [-0.05, 0) is 12.1 Å². The Kier molecular flexibility index (Phi) is 4.81.